The number of halogens is 3. The van der Waals surface area contributed by atoms with E-state index >= 15 is 8.78 Å². The third kappa shape index (κ3) is 7.72. The molecule has 1 amide bonds. The molecule has 0 radical (unpaired) electrons. The van der Waals surface area contributed by atoms with E-state index in [1.165, 1.54) is 6.07 Å². The van der Waals surface area contributed by atoms with Crippen molar-refractivity contribution in [1.82, 2.24) is 29.7 Å². The molecular formula is C47H60F3N7O3Si. The van der Waals surface area contributed by atoms with Gasteiger partial charge >= 0.3 is 12.1 Å². The molecule has 14 heteroatoms. The fourth-order valence-electron chi connectivity index (χ4n) is 11.2. The van der Waals surface area contributed by atoms with Crippen molar-refractivity contribution in [3.63, 3.8) is 0 Å². The Hall–Kier alpha value is -4.48. The smallest absolute Gasteiger partial charge is 0.410 e. The number of benzene rings is 2. The van der Waals surface area contributed by atoms with E-state index in [0.29, 0.717) is 70.8 Å². The Kier molecular flexibility index (Phi) is 11.3. The molecule has 4 aromatic rings. The number of amides is 1. The Morgan fingerprint density at radius 2 is 1.67 bits per heavy atom. The maximum atomic E-state index is 17.7. The van der Waals surface area contributed by atoms with Crippen molar-refractivity contribution in [2.45, 2.75) is 147 Å². The van der Waals surface area contributed by atoms with E-state index in [4.69, 9.17) is 24.4 Å². The number of ether oxygens (including phenoxy) is 2. The summed E-state index contributed by atoms with van der Waals surface area (Å²) < 4.78 is 61.7. The standard InChI is InChI=1S/C47H60F3N7O3Si/c1-27(2)61(28(3)4,29(5)6)20-17-31-13-11-14-37-38(31)42(52-30(7)51-37)39-36(49)21-35-41(40(39)50)53-44(59-26-47-18-12-19-56(47)23-32(48)22-47)54-43(35)55-24-33-15-16-34(25-55)57(33)45(58)60-46(8,9)10/h11,13-14,21,27-29,32-34H,12,15-16,18-19,22-26H2,1-10H3/t32-,33?,34?,47+/m1/s1. The summed E-state index contributed by atoms with van der Waals surface area (Å²) >= 11 is 0. The number of aromatic nitrogens is 4. The van der Waals surface area contributed by atoms with Gasteiger partial charge in [0.25, 0.3) is 0 Å². The number of rotatable bonds is 8. The predicted molar refractivity (Wildman–Crippen MR) is 236 cm³/mol. The minimum absolute atomic E-state index is 0.0722. The summed E-state index contributed by atoms with van der Waals surface area (Å²) in [6.07, 6.45) is 2.21. The van der Waals surface area contributed by atoms with Crippen LogP contribution in [-0.2, 0) is 4.74 Å². The van der Waals surface area contributed by atoms with Crippen LogP contribution in [0.3, 0.4) is 0 Å². The average molecular weight is 856 g/mol. The molecule has 4 aliphatic rings. The molecule has 2 aromatic carbocycles. The number of carbonyl (C=O) groups excluding carboxylic acids is 1. The molecule has 4 fully saturated rings. The fourth-order valence-corrected chi connectivity index (χ4v) is 16.4. The lowest BCUT2D eigenvalue weighted by atomic mass is 9.95. The molecular weight excluding hydrogens is 796 g/mol. The highest BCUT2D eigenvalue weighted by molar-refractivity contribution is 6.90. The number of alkyl halides is 1. The van der Waals surface area contributed by atoms with E-state index in [-0.39, 0.29) is 53.0 Å². The minimum Gasteiger partial charge on any atom is -0.461 e. The van der Waals surface area contributed by atoms with Gasteiger partial charge in [0.15, 0.2) is 5.82 Å². The van der Waals surface area contributed by atoms with Gasteiger partial charge in [-0.05, 0) is 94.7 Å². The maximum Gasteiger partial charge on any atom is 0.410 e. The van der Waals surface area contributed by atoms with Crippen LogP contribution in [-0.4, -0.2) is 106 Å². The second-order valence-corrected chi connectivity index (χ2v) is 25.4. The Balaban J connectivity index is 1.27. The lowest BCUT2D eigenvalue weighted by Crippen LogP contribution is -2.57. The van der Waals surface area contributed by atoms with Crippen molar-refractivity contribution in [2.24, 2.45) is 0 Å². The van der Waals surface area contributed by atoms with Gasteiger partial charge in [-0.1, -0.05) is 53.5 Å². The molecule has 6 heterocycles. The van der Waals surface area contributed by atoms with Gasteiger partial charge in [0.1, 0.15) is 49.4 Å². The van der Waals surface area contributed by atoms with E-state index in [9.17, 15) is 9.18 Å². The summed E-state index contributed by atoms with van der Waals surface area (Å²) in [6, 6.07) is 6.41. The zero-order valence-electron chi connectivity index (χ0n) is 37.3. The fraction of sp³-hybridized carbons (Fsp3) is 0.596. The largest absolute Gasteiger partial charge is 0.461 e. The normalized spacial score (nSPS) is 23.1. The third-order valence-corrected chi connectivity index (χ3v) is 20.1. The third-order valence-electron chi connectivity index (χ3n) is 13.8. The average Bonchev–Trinajstić information content (AvgIpc) is 3.79. The minimum atomic E-state index is -2.19. The molecule has 2 unspecified atom stereocenters. The maximum absolute atomic E-state index is 17.7. The van der Waals surface area contributed by atoms with Crippen molar-refractivity contribution in [2.75, 3.05) is 37.7 Å². The zero-order valence-corrected chi connectivity index (χ0v) is 38.3. The predicted octanol–water partition coefficient (Wildman–Crippen LogP) is 9.94. The molecule has 0 spiro atoms. The SMILES string of the molecule is Cc1nc(-c2c(F)cc3c(N4CC5CCC(C4)N5C(=O)OC(C)(C)C)nc(OC[C@@]45CCCN4C[C@H](F)C5)nc3c2F)c2c(C#C[Si](C(C)C)(C(C)C)C(C)C)cccc2n1. The van der Waals surface area contributed by atoms with E-state index < -0.39 is 37.0 Å². The summed E-state index contributed by atoms with van der Waals surface area (Å²) in [4.78, 5) is 38.3. The van der Waals surface area contributed by atoms with Crippen LogP contribution in [0.1, 0.15) is 106 Å². The topological polar surface area (TPSA) is 96.8 Å². The van der Waals surface area contributed by atoms with Gasteiger partial charge < -0.3 is 14.4 Å². The first kappa shape index (κ1) is 43.2. The lowest BCUT2D eigenvalue weighted by molar-refractivity contribution is 0.0122. The van der Waals surface area contributed by atoms with Crippen LogP contribution in [0.15, 0.2) is 24.3 Å². The summed E-state index contributed by atoms with van der Waals surface area (Å²) in [7, 11) is -2.19. The van der Waals surface area contributed by atoms with Gasteiger partial charge in [0.05, 0.1) is 34.4 Å². The highest BCUT2D eigenvalue weighted by atomic mass is 28.3. The molecule has 2 bridgehead atoms. The van der Waals surface area contributed by atoms with Crippen LogP contribution in [0.5, 0.6) is 6.01 Å². The van der Waals surface area contributed by atoms with Gasteiger partial charge in [0.2, 0.25) is 0 Å². The van der Waals surface area contributed by atoms with Gasteiger partial charge in [0, 0.05) is 42.4 Å². The Labute approximate surface area is 359 Å². The van der Waals surface area contributed by atoms with E-state index in [2.05, 4.69) is 62.9 Å². The first-order chi connectivity index (χ1) is 28.8. The molecule has 0 aliphatic carbocycles. The van der Waals surface area contributed by atoms with Crippen molar-refractivity contribution in [3.05, 3.63) is 47.3 Å². The molecule has 8 rings (SSSR count). The van der Waals surface area contributed by atoms with Crippen LogP contribution < -0.4 is 9.64 Å². The number of piperazine rings is 1. The summed E-state index contributed by atoms with van der Waals surface area (Å²) in [5.41, 5.74) is 4.56. The van der Waals surface area contributed by atoms with Crippen molar-refractivity contribution >= 4 is 41.8 Å². The first-order valence-corrected chi connectivity index (χ1v) is 24.3. The molecule has 2 aromatic heterocycles. The summed E-state index contributed by atoms with van der Waals surface area (Å²) in [5, 5.41) is 0.651. The van der Waals surface area contributed by atoms with Crippen LogP contribution >= 0.6 is 0 Å². The number of carbonyl (C=O) groups is 1. The van der Waals surface area contributed by atoms with Crippen molar-refractivity contribution < 1.29 is 27.4 Å². The van der Waals surface area contributed by atoms with Crippen LogP contribution in [0.4, 0.5) is 23.8 Å². The highest BCUT2D eigenvalue weighted by Crippen LogP contribution is 2.44. The second-order valence-electron chi connectivity index (χ2n) is 19.8. The second kappa shape index (κ2) is 16.0. The monoisotopic (exact) mass is 855 g/mol. The number of aryl methyl sites for hydroxylation is 1. The van der Waals surface area contributed by atoms with Crippen molar-refractivity contribution in [3.8, 4) is 28.7 Å². The number of fused-ring (bicyclic) bond motifs is 5. The molecule has 326 valence electrons. The molecule has 4 atom stereocenters. The number of anilines is 1. The van der Waals surface area contributed by atoms with E-state index in [1.807, 2.05) is 48.8 Å². The molecule has 4 saturated heterocycles. The quantitative estimate of drug-likeness (QED) is 0.127. The van der Waals surface area contributed by atoms with Crippen molar-refractivity contribution in [1.29, 1.82) is 0 Å². The van der Waals surface area contributed by atoms with Crippen LogP contribution in [0.25, 0.3) is 33.1 Å². The Bertz CT molecular complexity index is 2390. The van der Waals surface area contributed by atoms with Gasteiger partial charge in [-0.3, -0.25) is 9.80 Å². The number of nitrogens with zero attached hydrogens (tertiary/aromatic N) is 7. The number of hydrogen-bond donors (Lipinski definition) is 0. The van der Waals surface area contributed by atoms with E-state index in [1.54, 1.807) is 6.92 Å². The Morgan fingerprint density at radius 3 is 2.33 bits per heavy atom. The Morgan fingerprint density at radius 1 is 0.984 bits per heavy atom. The molecule has 61 heavy (non-hydrogen) atoms. The van der Waals surface area contributed by atoms with Gasteiger partial charge in [-0.25, -0.2) is 27.9 Å². The molecule has 0 saturated carbocycles. The zero-order chi connectivity index (χ0) is 43.8. The lowest BCUT2D eigenvalue weighted by Gasteiger charge is -2.42. The van der Waals surface area contributed by atoms with Gasteiger partial charge in [-0.15, -0.1) is 5.54 Å². The van der Waals surface area contributed by atoms with Crippen LogP contribution in [0, 0.1) is 30.0 Å². The summed E-state index contributed by atoms with van der Waals surface area (Å²) in [5.74, 6) is 2.46. The van der Waals surface area contributed by atoms with Gasteiger partial charge in [-0.2, -0.15) is 9.97 Å². The highest BCUT2D eigenvalue weighted by Gasteiger charge is 2.50. The molecule has 0 N–H and O–H groups in total. The van der Waals surface area contributed by atoms with Crippen LogP contribution in [0.2, 0.25) is 16.6 Å². The van der Waals surface area contributed by atoms with E-state index in [0.717, 1.165) is 32.2 Å². The molecule has 10 nitrogen and oxygen atoms in total. The molecule has 4 aliphatic heterocycles. The number of hydrogen-bond acceptors (Lipinski definition) is 9. The first-order valence-electron chi connectivity index (χ1n) is 22.1. The summed E-state index contributed by atoms with van der Waals surface area (Å²) in [6.45, 7) is 22.7.